The lowest BCUT2D eigenvalue weighted by Gasteiger charge is -2.35. The standard InChI is InChI=1S/C21H23N5O3/c1-2-17(27-11-1)13-23-21-22-6-5-20(24-21)26-9-7-25(8-10-26)14-16-3-4-18-19(12-16)29-15-28-18/h1-6,11-12H,7-10,13-15H2,(H,22,23,24). The second-order valence-corrected chi connectivity index (χ2v) is 7.12. The number of furan rings is 1. The first-order valence-electron chi connectivity index (χ1n) is 9.79. The van der Waals surface area contributed by atoms with Crippen LogP contribution in [0.5, 0.6) is 11.5 Å². The van der Waals surface area contributed by atoms with E-state index in [0.717, 1.165) is 55.8 Å². The van der Waals surface area contributed by atoms with Gasteiger partial charge >= 0.3 is 0 Å². The van der Waals surface area contributed by atoms with Crippen molar-refractivity contribution in [1.82, 2.24) is 14.9 Å². The van der Waals surface area contributed by atoms with Crippen molar-refractivity contribution >= 4 is 11.8 Å². The normalized spacial score (nSPS) is 16.2. The molecule has 0 unspecified atom stereocenters. The molecule has 2 aliphatic heterocycles. The van der Waals surface area contributed by atoms with Gasteiger partial charge in [0.15, 0.2) is 11.5 Å². The van der Waals surface area contributed by atoms with Crippen LogP contribution >= 0.6 is 0 Å². The van der Waals surface area contributed by atoms with Gasteiger partial charge < -0.3 is 24.1 Å². The fourth-order valence-electron chi connectivity index (χ4n) is 3.62. The largest absolute Gasteiger partial charge is 0.467 e. The zero-order valence-corrected chi connectivity index (χ0v) is 16.1. The first-order valence-corrected chi connectivity index (χ1v) is 9.79. The van der Waals surface area contributed by atoms with Gasteiger partial charge in [0, 0.05) is 38.9 Å². The van der Waals surface area contributed by atoms with Crippen LogP contribution in [-0.4, -0.2) is 47.8 Å². The van der Waals surface area contributed by atoms with E-state index >= 15 is 0 Å². The summed E-state index contributed by atoms with van der Waals surface area (Å²) in [5, 5.41) is 3.21. The van der Waals surface area contributed by atoms with Crippen LogP contribution in [0.3, 0.4) is 0 Å². The topological polar surface area (TPSA) is 75.9 Å². The minimum atomic E-state index is 0.314. The van der Waals surface area contributed by atoms with Gasteiger partial charge in [-0.25, -0.2) is 4.98 Å². The highest BCUT2D eigenvalue weighted by Crippen LogP contribution is 2.32. The molecule has 4 heterocycles. The van der Waals surface area contributed by atoms with E-state index in [0.29, 0.717) is 19.3 Å². The van der Waals surface area contributed by atoms with Crippen LogP contribution in [0.15, 0.2) is 53.3 Å². The van der Waals surface area contributed by atoms with Crippen LogP contribution < -0.4 is 19.7 Å². The predicted octanol–water partition coefficient (Wildman–Crippen LogP) is 2.73. The third-order valence-electron chi connectivity index (χ3n) is 5.18. The minimum absolute atomic E-state index is 0.314. The van der Waals surface area contributed by atoms with Crippen LogP contribution in [0.2, 0.25) is 0 Å². The molecule has 2 aliphatic rings. The van der Waals surface area contributed by atoms with Crippen molar-refractivity contribution in [3.05, 3.63) is 60.2 Å². The SMILES string of the molecule is c1coc(CNc2nccc(N3CCN(Cc4ccc5c(c4)OCO5)CC3)n2)c1. The average Bonchev–Trinajstić information content (AvgIpc) is 3.45. The third-order valence-corrected chi connectivity index (χ3v) is 5.18. The first-order chi connectivity index (χ1) is 14.3. The van der Waals surface area contributed by atoms with E-state index in [-0.39, 0.29) is 0 Å². The molecule has 0 aliphatic carbocycles. The summed E-state index contributed by atoms with van der Waals surface area (Å²) < 4.78 is 16.2. The number of rotatable bonds is 6. The van der Waals surface area contributed by atoms with E-state index in [4.69, 9.17) is 13.9 Å². The summed E-state index contributed by atoms with van der Waals surface area (Å²) in [7, 11) is 0. The van der Waals surface area contributed by atoms with E-state index < -0.39 is 0 Å². The zero-order chi connectivity index (χ0) is 19.5. The molecule has 8 heteroatoms. The number of anilines is 2. The van der Waals surface area contributed by atoms with Crippen molar-refractivity contribution in [3.8, 4) is 11.5 Å². The quantitative estimate of drug-likeness (QED) is 0.685. The van der Waals surface area contributed by atoms with Crippen molar-refractivity contribution in [2.45, 2.75) is 13.1 Å². The molecule has 0 atom stereocenters. The van der Waals surface area contributed by atoms with Crippen molar-refractivity contribution in [2.75, 3.05) is 43.2 Å². The number of aromatic nitrogens is 2. The zero-order valence-electron chi connectivity index (χ0n) is 16.1. The summed E-state index contributed by atoms with van der Waals surface area (Å²) in [6, 6.07) is 11.9. The third kappa shape index (κ3) is 4.12. The molecule has 0 spiro atoms. The lowest BCUT2D eigenvalue weighted by atomic mass is 10.1. The van der Waals surface area contributed by atoms with E-state index in [1.165, 1.54) is 5.56 Å². The Balaban J connectivity index is 1.16. The monoisotopic (exact) mass is 393 g/mol. The Morgan fingerprint density at radius 2 is 1.90 bits per heavy atom. The summed E-state index contributed by atoms with van der Waals surface area (Å²) in [4.78, 5) is 13.7. The Morgan fingerprint density at radius 1 is 1.00 bits per heavy atom. The Hall–Kier alpha value is -3.26. The number of hydrogen-bond acceptors (Lipinski definition) is 8. The van der Waals surface area contributed by atoms with Crippen LogP contribution in [0.25, 0.3) is 0 Å². The smallest absolute Gasteiger partial charge is 0.231 e. The van der Waals surface area contributed by atoms with Gasteiger partial charge in [-0.05, 0) is 35.9 Å². The van der Waals surface area contributed by atoms with Gasteiger partial charge in [0.2, 0.25) is 12.7 Å². The Bertz CT molecular complexity index is 955. The van der Waals surface area contributed by atoms with Crippen LogP contribution in [0.1, 0.15) is 11.3 Å². The van der Waals surface area contributed by atoms with Crippen LogP contribution in [0.4, 0.5) is 11.8 Å². The Labute approximate surface area is 169 Å². The molecule has 150 valence electrons. The first kappa shape index (κ1) is 17.8. The lowest BCUT2D eigenvalue weighted by Crippen LogP contribution is -2.46. The molecule has 0 amide bonds. The molecule has 0 saturated carbocycles. The highest BCUT2D eigenvalue weighted by atomic mass is 16.7. The summed E-state index contributed by atoms with van der Waals surface area (Å²) in [5.41, 5.74) is 1.24. The highest BCUT2D eigenvalue weighted by molar-refractivity contribution is 5.45. The molecule has 2 aromatic heterocycles. The number of piperazine rings is 1. The number of ether oxygens (including phenoxy) is 2. The molecular formula is C21H23N5O3. The number of nitrogens with zero attached hydrogens (tertiary/aromatic N) is 4. The van der Waals surface area contributed by atoms with Crippen molar-refractivity contribution < 1.29 is 13.9 Å². The predicted molar refractivity (Wildman–Crippen MR) is 108 cm³/mol. The molecule has 1 fully saturated rings. The van der Waals surface area contributed by atoms with Crippen molar-refractivity contribution in [3.63, 3.8) is 0 Å². The molecule has 0 bridgehead atoms. The average molecular weight is 393 g/mol. The molecule has 8 nitrogen and oxygen atoms in total. The molecule has 1 aromatic carbocycles. The van der Waals surface area contributed by atoms with Gasteiger partial charge in [0.1, 0.15) is 11.6 Å². The molecule has 1 saturated heterocycles. The van der Waals surface area contributed by atoms with Gasteiger partial charge in [0.25, 0.3) is 0 Å². The molecule has 3 aromatic rings. The number of benzene rings is 1. The summed E-state index contributed by atoms with van der Waals surface area (Å²) in [5.74, 6) is 4.10. The maximum atomic E-state index is 5.48. The summed E-state index contributed by atoms with van der Waals surface area (Å²) in [6.07, 6.45) is 3.46. The van der Waals surface area contributed by atoms with Crippen LogP contribution in [-0.2, 0) is 13.1 Å². The minimum Gasteiger partial charge on any atom is -0.467 e. The van der Waals surface area contributed by atoms with Crippen molar-refractivity contribution in [1.29, 1.82) is 0 Å². The van der Waals surface area contributed by atoms with Gasteiger partial charge in [0.05, 0.1) is 12.8 Å². The fraction of sp³-hybridized carbons (Fsp3) is 0.333. The van der Waals surface area contributed by atoms with E-state index in [9.17, 15) is 0 Å². The molecule has 0 radical (unpaired) electrons. The van der Waals surface area contributed by atoms with Gasteiger partial charge in [-0.2, -0.15) is 4.98 Å². The molecule has 5 rings (SSSR count). The maximum Gasteiger partial charge on any atom is 0.231 e. The van der Waals surface area contributed by atoms with Gasteiger partial charge in [-0.3, -0.25) is 4.90 Å². The Kier molecular flexibility index (Phi) is 4.92. The summed E-state index contributed by atoms with van der Waals surface area (Å²) >= 11 is 0. The number of nitrogens with one attached hydrogen (secondary N) is 1. The summed E-state index contributed by atoms with van der Waals surface area (Å²) in [6.45, 7) is 5.61. The molecule has 29 heavy (non-hydrogen) atoms. The fourth-order valence-corrected chi connectivity index (χ4v) is 3.62. The van der Waals surface area contributed by atoms with E-state index in [2.05, 4.69) is 37.2 Å². The van der Waals surface area contributed by atoms with Gasteiger partial charge in [-0.1, -0.05) is 6.07 Å². The maximum absolute atomic E-state index is 5.48. The second-order valence-electron chi connectivity index (χ2n) is 7.12. The van der Waals surface area contributed by atoms with Crippen LogP contribution in [0, 0.1) is 0 Å². The van der Waals surface area contributed by atoms with E-state index in [1.807, 2.05) is 24.3 Å². The molecule has 1 N–H and O–H groups in total. The second kappa shape index (κ2) is 8.00. The van der Waals surface area contributed by atoms with Crippen molar-refractivity contribution in [2.24, 2.45) is 0 Å². The number of hydrogen-bond donors (Lipinski definition) is 1. The highest BCUT2D eigenvalue weighted by Gasteiger charge is 2.20. The Morgan fingerprint density at radius 3 is 2.76 bits per heavy atom. The molecular weight excluding hydrogens is 370 g/mol. The van der Waals surface area contributed by atoms with Gasteiger partial charge in [-0.15, -0.1) is 0 Å². The lowest BCUT2D eigenvalue weighted by molar-refractivity contribution is 0.174. The number of fused-ring (bicyclic) bond motifs is 1. The van der Waals surface area contributed by atoms with E-state index in [1.54, 1.807) is 12.5 Å².